The lowest BCUT2D eigenvalue weighted by Gasteiger charge is -2.32. The molecule has 4 heteroatoms. The maximum atomic E-state index is 6.46. The molecule has 3 heterocycles. The van der Waals surface area contributed by atoms with Crippen molar-refractivity contribution in [3.8, 4) is 28.4 Å². The van der Waals surface area contributed by atoms with Crippen molar-refractivity contribution in [2.75, 3.05) is 0 Å². The van der Waals surface area contributed by atoms with Gasteiger partial charge in [0.25, 0.3) is 0 Å². The van der Waals surface area contributed by atoms with Gasteiger partial charge in [0.2, 0.25) is 0 Å². The van der Waals surface area contributed by atoms with Crippen LogP contribution in [-0.4, -0.2) is 14.5 Å². The summed E-state index contributed by atoms with van der Waals surface area (Å²) in [6, 6.07) is 44.2. The second-order valence-corrected chi connectivity index (χ2v) is 10.3. The van der Waals surface area contributed by atoms with Crippen LogP contribution in [0, 0.1) is 0 Å². The van der Waals surface area contributed by atoms with Gasteiger partial charge in [-0.2, -0.15) is 0 Å². The first kappa shape index (κ1) is 23.4. The average molecular weight is 528 g/mol. The molecule has 0 atom stereocenters. The molecule has 0 N–H and O–H groups in total. The standard InChI is InChI=1S/C37H25N3O/c1-2-11-27-24-39-36(22-26(27)10-1)40-21-19-30(25-40)41-29-13-9-12-28(23-29)37(35-18-7-8-20-38-35)33-16-5-3-14-31(33)32-15-4-6-17-34(32)37/h1-25H. The van der Waals surface area contributed by atoms with E-state index in [9.17, 15) is 0 Å². The molecule has 194 valence electrons. The molecule has 0 saturated heterocycles. The van der Waals surface area contributed by atoms with Crippen molar-refractivity contribution in [2.24, 2.45) is 0 Å². The Morgan fingerprint density at radius 1 is 0.585 bits per heavy atom. The summed E-state index contributed by atoms with van der Waals surface area (Å²) in [4.78, 5) is 9.58. The van der Waals surface area contributed by atoms with Gasteiger partial charge < -0.3 is 9.30 Å². The Labute approximate surface area is 238 Å². The lowest BCUT2D eigenvalue weighted by molar-refractivity contribution is 0.481. The van der Waals surface area contributed by atoms with E-state index in [-0.39, 0.29) is 0 Å². The summed E-state index contributed by atoms with van der Waals surface area (Å²) in [7, 11) is 0. The van der Waals surface area contributed by atoms with E-state index in [0.717, 1.165) is 39.3 Å². The van der Waals surface area contributed by atoms with E-state index in [1.165, 1.54) is 22.3 Å². The molecule has 0 bridgehead atoms. The molecular weight excluding hydrogens is 502 g/mol. The number of fused-ring (bicyclic) bond motifs is 4. The van der Waals surface area contributed by atoms with Crippen LogP contribution in [0.3, 0.4) is 0 Å². The van der Waals surface area contributed by atoms with E-state index < -0.39 is 5.41 Å². The minimum atomic E-state index is -0.561. The number of nitrogens with zero attached hydrogens (tertiary/aromatic N) is 3. The van der Waals surface area contributed by atoms with E-state index in [2.05, 4.69) is 102 Å². The molecule has 1 aliphatic carbocycles. The van der Waals surface area contributed by atoms with Crippen LogP contribution in [0.15, 0.2) is 152 Å². The van der Waals surface area contributed by atoms with Crippen molar-refractivity contribution in [2.45, 2.75) is 5.41 Å². The van der Waals surface area contributed by atoms with Gasteiger partial charge in [-0.15, -0.1) is 0 Å². The van der Waals surface area contributed by atoms with Crippen molar-refractivity contribution in [1.29, 1.82) is 0 Å². The predicted octanol–water partition coefficient (Wildman–Crippen LogP) is 8.58. The van der Waals surface area contributed by atoms with Crippen molar-refractivity contribution in [3.63, 3.8) is 0 Å². The van der Waals surface area contributed by atoms with Crippen LogP contribution in [0.25, 0.3) is 27.7 Å². The highest BCUT2D eigenvalue weighted by Crippen LogP contribution is 2.55. The topological polar surface area (TPSA) is 39.9 Å². The number of pyridine rings is 2. The van der Waals surface area contributed by atoms with Gasteiger partial charge in [-0.25, -0.2) is 4.98 Å². The first-order valence-corrected chi connectivity index (χ1v) is 13.7. The summed E-state index contributed by atoms with van der Waals surface area (Å²) in [5.74, 6) is 2.36. The van der Waals surface area contributed by atoms with E-state index in [1.807, 2.05) is 59.7 Å². The van der Waals surface area contributed by atoms with Gasteiger partial charge in [0, 0.05) is 24.0 Å². The molecule has 0 aliphatic heterocycles. The van der Waals surface area contributed by atoms with Gasteiger partial charge in [0.1, 0.15) is 17.3 Å². The third-order valence-corrected chi connectivity index (χ3v) is 8.05. The normalized spacial score (nSPS) is 13.1. The van der Waals surface area contributed by atoms with Gasteiger partial charge in [-0.05, 0) is 69.6 Å². The van der Waals surface area contributed by atoms with Gasteiger partial charge in [-0.1, -0.05) is 91.0 Å². The molecule has 0 fully saturated rings. The fourth-order valence-electron chi connectivity index (χ4n) is 6.28. The van der Waals surface area contributed by atoms with Crippen LogP contribution < -0.4 is 4.74 Å². The lowest BCUT2D eigenvalue weighted by Crippen LogP contribution is -2.29. The lowest BCUT2D eigenvalue weighted by atomic mass is 9.70. The summed E-state index contributed by atoms with van der Waals surface area (Å²) < 4.78 is 8.45. The van der Waals surface area contributed by atoms with Gasteiger partial charge in [-0.3, -0.25) is 4.98 Å². The smallest absolute Gasteiger partial charge is 0.145 e. The van der Waals surface area contributed by atoms with E-state index in [4.69, 9.17) is 9.72 Å². The van der Waals surface area contributed by atoms with Gasteiger partial charge >= 0.3 is 0 Å². The number of aromatic nitrogens is 3. The van der Waals surface area contributed by atoms with Gasteiger partial charge in [0.15, 0.2) is 0 Å². The van der Waals surface area contributed by atoms with E-state index in [1.54, 1.807) is 0 Å². The zero-order valence-electron chi connectivity index (χ0n) is 22.2. The highest BCUT2D eigenvalue weighted by atomic mass is 16.5. The summed E-state index contributed by atoms with van der Waals surface area (Å²) in [5, 5.41) is 2.27. The Kier molecular flexibility index (Phi) is 5.32. The Bertz CT molecular complexity index is 2000. The molecule has 0 unspecified atom stereocenters. The van der Waals surface area contributed by atoms with Crippen molar-refractivity contribution in [3.05, 3.63) is 175 Å². The average Bonchev–Trinajstić information content (AvgIpc) is 3.63. The number of benzene rings is 4. The number of hydrogen-bond acceptors (Lipinski definition) is 3. The Morgan fingerprint density at radius 3 is 2.10 bits per heavy atom. The second-order valence-electron chi connectivity index (χ2n) is 10.3. The third kappa shape index (κ3) is 3.69. The van der Waals surface area contributed by atoms with Crippen molar-refractivity contribution < 1.29 is 4.74 Å². The molecule has 41 heavy (non-hydrogen) atoms. The molecular formula is C37H25N3O. The minimum absolute atomic E-state index is 0.561. The zero-order chi connectivity index (χ0) is 27.2. The molecule has 0 amide bonds. The fourth-order valence-corrected chi connectivity index (χ4v) is 6.28. The summed E-state index contributed by atoms with van der Waals surface area (Å²) in [6.07, 6.45) is 7.74. The number of hydrogen-bond donors (Lipinski definition) is 0. The molecule has 1 aliphatic rings. The molecule has 3 aromatic heterocycles. The molecule has 4 aromatic carbocycles. The monoisotopic (exact) mass is 527 g/mol. The highest BCUT2D eigenvalue weighted by Gasteiger charge is 2.47. The molecule has 4 nitrogen and oxygen atoms in total. The Hall–Kier alpha value is -5.48. The van der Waals surface area contributed by atoms with E-state index in [0.29, 0.717) is 0 Å². The molecule has 7 aromatic rings. The van der Waals surface area contributed by atoms with Crippen molar-refractivity contribution >= 4 is 10.8 Å². The Morgan fingerprint density at radius 2 is 1.32 bits per heavy atom. The highest BCUT2D eigenvalue weighted by molar-refractivity contribution is 5.86. The largest absolute Gasteiger partial charge is 0.456 e. The van der Waals surface area contributed by atoms with Gasteiger partial charge in [0.05, 0.1) is 17.3 Å². The first-order chi connectivity index (χ1) is 20.3. The fraction of sp³-hybridized carbons (Fsp3) is 0.0270. The molecule has 0 radical (unpaired) electrons. The van der Waals surface area contributed by atoms with E-state index >= 15 is 0 Å². The second kappa shape index (κ2) is 9.32. The molecule has 0 spiro atoms. The van der Waals surface area contributed by atoms with Crippen molar-refractivity contribution in [1.82, 2.24) is 14.5 Å². The van der Waals surface area contributed by atoms with Crippen LogP contribution in [0.1, 0.15) is 22.4 Å². The molecule has 0 saturated carbocycles. The Balaban J connectivity index is 1.22. The van der Waals surface area contributed by atoms with Crippen LogP contribution in [0.4, 0.5) is 0 Å². The van der Waals surface area contributed by atoms with Crippen LogP contribution >= 0.6 is 0 Å². The maximum absolute atomic E-state index is 6.46. The zero-order valence-corrected chi connectivity index (χ0v) is 22.2. The quantitative estimate of drug-likeness (QED) is 0.225. The number of rotatable bonds is 5. The predicted molar refractivity (Wildman–Crippen MR) is 163 cm³/mol. The molecule has 8 rings (SSSR count). The van der Waals surface area contributed by atoms with Crippen LogP contribution in [-0.2, 0) is 5.41 Å². The SMILES string of the molecule is c1ccc(C2(c3cccc(Oc4ccn(-c5cc6ccccc6cn5)c4)c3)c3ccccc3-c3ccccc32)nc1. The third-order valence-electron chi connectivity index (χ3n) is 8.05. The van der Waals surface area contributed by atoms with Crippen LogP contribution in [0.5, 0.6) is 11.5 Å². The maximum Gasteiger partial charge on any atom is 0.145 e. The number of ether oxygens (including phenoxy) is 1. The summed E-state index contributed by atoms with van der Waals surface area (Å²) in [6.45, 7) is 0. The summed E-state index contributed by atoms with van der Waals surface area (Å²) >= 11 is 0. The first-order valence-electron chi connectivity index (χ1n) is 13.7. The summed E-state index contributed by atoms with van der Waals surface area (Å²) in [5.41, 5.74) is 6.47. The van der Waals surface area contributed by atoms with Crippen LogP contribution in [0.2, 0.25) is 0 Å². The minimum Gasteiger partial charge on any atom is -0.456 e.